The van der Waals surface area contributed by atoms with Crippen molar-refractivity contribution in [3.05, 3.63) is 65.2 Å². The van der Waals surface area contributed by atoms with Gasteiger partial charge >= 0.3 is 5.97 Å². The maximum atomic E-state index is 11.6. The molecule has 0 aliphatic carbocycles. The number of Topliss-reactive ketones (excluding diaryl/α,β-unsaturated/α-hetero) is 1. The number of carbonyl (C=O) groups is 2. The summed E-state index contributed by atoms with van der Waals surface area (Å²) >= 11 is 0. The maximum Gasteiger partial charge on any atom is 0.338 e. The molecule has 0 saturated heterocycles. The molecule has 2 aromatic carbocycles. The zero-order chi connectivity index (χ0) is 15.9. The fourth-order valence-corrected chi connectivity index (χ4v) is 2.00. The van der Waals surface area contributed by atoms with Crippen LogP contribution in [-0.4, -0.2) is 18.4 Å². The van der Waals surface area contributed by atoms with E-state index in [4.69, 9.17) is 9.47 Å². The number of ketones is 1. The van der Waals surface area contributed by atoms with E-state index in [1.807, 2.05) is 18.2 Å². The first-order valence-electron chi connectivity index (χ1n) is 7.10. The second kappa shape index (κ2) is 7.41. The molecule has 22 heavy (non-hydrogen) atoms. The summed E-state index contributed by atoms with van der Waals surface area (Å²) in [6.45, 7) is 3.96. The van der Waals surface area contributed by atoms with Gasteiger partial charge in [-0.2, -0.15) is 0 Å². The fourth-order valence-electron chi connectivity index (χ4n) is 2.00. The Morgan fingerprint density at radius 2 is 1.68 bits per heavy atom. The van der Waals surface area contributed by atoms with Crippen LogP contribution in [0.4, 0.5) is 0 Å². The van der Waals surface area contributed by atoms with Gasteiger partial charge in [-0.3, -0.25) is 4.79 Å². The molecular formula is C18H18O4. The molecule has 0 aliphatic rings. The standard InChI is InChI=1S/C18H18O4/c1-3-21-18(20)15-10-8-14(9-11-15)12-22-17-7-5-4-6-16(17)13(2)19/h4-11H,3,12H2,1-2H3. The van der Waals surface area contributed by atoms with E-state index in [2.05, 4.69) is 0 Å². The Bertz CT molecular complexity index is 659. The predicted molar refractivity (Wildman–Crippen MR) is 83.2 cm³/mol. The highest BCUT2D eigenvalue weighted by Crippen LogP contribution is 2.20. The Morgan fingerprint density at radius 1 is 1.00 bits per heavy atom. The number of hydrogen-bond donors (Lipinski definition) is 0. The summed E-state index contributed by atoms with van der Waals surface area (Å²) in [5.74, 6) is 0.189. The van der Waals surface area contributed by atoms with Gasteiger partial charge in [-0.1, -0.05) is 24.3 Å². The molecule has 0 unspecified atom stereocenters. The molecule has 4 heteroatoms. The molecule has 0 radical (unpaired) electrons. The minimum Gasteiger partial charge on any atom is -0.488 e. The van der Waals surface area contributed by atoms with Gasteiger partial charge in [-0.25, -0.2) is 4.79 Å². The first-order valence-corrected chi connectivity index (χ1v) is 7.10. The summed E-state index contributed by atoms with van der Waals surface area (Å²) in [6, 6.07) is 14.2. The van der Waals surface area contributed by atoms with Gasteiger partial charge in [-0.05, 0) is 43.7 Å². The third-order valence-electron chi connectivity index (χ3n) is 3.13. The lowest BCUT2D eigenvalue weighted by atomic mass is 10.1. The summed E-state index contributed by atoms with van der Waals surface area (Å²) in [5, 5.41) is 0. The summed E-state index contributed by atoms with van der Waals surface area (Å²) in [6.07, 6.45) is 0. The third kappa shape index (κ3) is 3.95. The lowest BCUT2D eigenvalue weighted by Gasteiger charge is -2.10. The Kier molecular flexibility index (Phi) is 5.31. The van der Waals surface area contributed by atoms with Gasteiger partial charge in [0.25, 0.3) is 0 Å². The van der Waals surface area contributed by atoms with Gasteiger partial charge in [0, 0.05) is 0 Å². The molecule has 0 aliphatic heterocycles. The molecule has 0 spiro atoms. The Balaban J connectivity index is 2.03. The van der Waals surface area contributed by atoms with E-state index in [1.165, 1.54) is 6.92 Å². The van der Waals surface area contributed by atoms with E-state index >= 15 is 0 Å². The first kappa shape index (κ1) is 15.8. The molecule has 0 amide bonds. The van der Waals surface area contributed by atoms with Gasteiger partial charge in [0.2, 0.25) is 0 Å². The van der Waals surface area contributed by atoms with Crippen LogP contribution >= 0.6 is 0 Å². The molecule has 0 bridgehead atoms. The van der Waals surface area contributed by atoms with Crippen LogP contribution in [0, 0.1) is 0 Å². The quantitative estimate of drug-likeness (QED) is 0.603. The third-order valence-corrected chi connectivity index (χ3v) is 3.13. The van der Waals surface area contributed by atoms with Crippen molar-refractivity contribution in [1.29, 1.82) is 0 Å². The van der Waals surface area contributed by atoms with Gasteiger partial charge in [0.15, 0.2) is 5.78 Å². The molecule has 0 aromatic heterocycles. The number of hydrogen-bond acceptors (Lipinski definition) is 4. The zero-order valence-corrected chi connectivity index (χ0v) is 12.7. The van der Waals surface area contributed by atoms with Crippen molar-refractivity contribution >= 4 is 11.8 Å². The van der Waals surface area contributed by atoms with Crippen molar-refractivity contribution in [2.24, 2.45) is 0 Å². The molecule has 0 fully saturated rings. The van der Waals surface area contributed by atoms with Crippen molar-refractivity contribution in [1.82, 2.24) is 0 Å². The second-order valence-electron chi connectivity index (χ2n) is 4.76. The Morgan fingerprint density at radius 3 is 2.32 bits per heavy atom. The zero-order valence-electron chi connectivity index (χ0n) is 12.7. The topological polar surface area (TPSA) is 52.6 Å². The average molecular weight is 298 g/mol. The normalized spacial score (nSPS) is 10.1. The number of rotatable bonds is 6. The van der Waals surface area contributed by atoms with Crippen LogP contribution in [0.1, 0.15) is 40.1 Å². The van der Waals surface area contributed by atoms with E-state index in [0.717, 1.165) is 5.56 Å². The Hall–Kier alpha value is -2.62. The van der Waals surface area contributed by atoms with Crippen molar-refractivity contribution < 1.29 is 19.1 Å². The smallest absolute Gasteiger partial charge is 0.338 e. The van der Waals surface area contributed by atoms with E-state index in [1.54, 1.807) is 37.3 Å². The summed E-state index contributed by atoms with van der Waals surface area (Å²) in [5.41, 5.74) is 1.98. The molecule has 2 aromatic rings. The fraction of sp³-hybridized carbons (Fsp3) is 0.222. The van der Waals surface area contributed by atoms with Crippen LogP contribution < -0.4 is 4.74 Å². The molecule has 0 atom stereocenters. The minimum atomic E-state index is -0.336. The highest BCUT2D eigenvalue weighted by atomic mass is 16.5. The van der Waals surface area contributed by atoms with Crippen LogP contribution in [-0.2, 0) is 11.3 Å². The molecule has 0 N–H and O–H groups in total. The van der Waals surface area contributed by atoms with Crippen molar-refractivity contribution in [2.75, 3.05) is 6.61 Å². The summed E-state index contributed by atoms with van der Waals surface area (Å²) in [7, 11) is 0. The van der Waals surface area contributed by atoms with E-state index < -0.39 is 0 Å². The second-order valence-corrected chi connectivity index (χ2v) is 4.76. The van der Waals surface area contributed by atoms with Crippen LogP contribution in [0.3, 0.4) is 0 Å². The average Bonchev–Trinajstić information content (AvgIpc) is 2.54. The Labute approximate surface area is 129 Å². The lowest BCUT2D eigenvalue weighted by molar-refractivity contribution is 0.0526. The van der Waals surface area contributed by atoms with Crippen LogP contribution in [0.15, 0.2) is 48.5 Å². The molecule has 0 saturated carbocycles. The van der Waals surface area contributed by atoms with Crippen molar-refractivity contribution in [3.63, 3.8) is 0 Å². The monoisotopic (exact) mass is 298 g/mol. The number of benzene rings is 2. The highest BCUT2D eigenvalue weighted by Gasteiger charge is 2.08. The van der Waals surface area contributed by atoms with Crippen LogP contribution in [0.2, 0.25) is 0 Å². The van der Waals surface area contributed by atoms with Gasteiger partial charge in [0.1, 0.15) is 12.4 Å². The van der Waals surface area contributed by atoms with Gasteiger partial charge in [-0.15, -0.1) is 0 Å². The van der Waals surface area contributed by atoms with Gasteiger partial charge in [0.05, 0.1) is 17.7 Å². The summed E-state index contributed by atoms with van der Waals surface area (Å²) < 4.78 is 10.6. The summed E-state index contributed by atoms with van der Waals surface area (Å²) in [4.78, 5) is 23.1. The maximum absolute atomic E-state index is 11.6. The van der Waals surface area contributed by atoms with Crippen LogP contribution in [0.5, 0.6) is 5.75 Å². The van der Waals surface area contributed by atoms with Crippen LogP contribution in [0.25, 0.3) is 0 Å². The van der Waals surface area contributed by atoms with E-state index in [0.29, 0.717) is 30.1 Å². The number of carbonyl (C=O) groups excluding carboxylic acids is 2. The van der Waals surface area contributed by atoms with Gasteiger partial charge < -0.3 is 9.47 Å². The SMILES string of the molecule is CCOC(=O)c1ccc(COc2ccccc2C(C)=O)cc1. The molecule has 4 nitrogen and oxygen atoms in total. The lowest BCUT2D eigenvalue weighted by Crippen LogP contribution is -2.05. The minimum absolute atomic E-state index is 0.0340. The van der Waals surface area contributed by atoms with E-state index in [-0.39, 0.29) is 11.8 Å². The highest BCUT2D eigenvalue weighted by molar-refractivity contribution is 5.96. The number of ether oxygens (including phenoxy) is 2. The van der Waals surface area contributed by atoms with Crippen molar-refractivity contribution in [2.45, 2.75) is 20.5 Å². The first-order chi connectivity index (χ1) is 10.6. The molecule has 0 heterocycles. The number of esters is 1. The molecule has 114 valence electrons. The van der Waals surface area contributed by atoms with E-state index in [9.17, 15) is 9.59 Å². The molecule has 2 rings (SSSR count). The number of para-hydroxylation sites is 1. The van der Waals surface area contributed by atoms with Crippen molar-refractivity contribution in [3.8, 4) is 5.75 Å². The molecular weight excluding hydrogens is 280 g/mol. The predicted octanol–water partition coefficient (Wildman–Crippen LogP) is 3.64. The largest absolute Gasteiger partial charge is 0.488 e.